The van der Waals surface area contributed by atoms with E-state index in [0.717, 1.165) is 6.92 Å². The fourth-order valence-electron chi connectivity index (χ4n) is 5.37. The van der Waals surface area contributed by atoms with E-state index >= 15 is 0 Å². The van der Waals surface area contributed by atoms with E-state index in [1.54, 1.807) is 13.8 Å². The highest BCUT2D eigenvalue weighted by Crippen LogP contribution is 2.10. The number of nitrogens with zero attached hydrogens (tertiary/aromatic N) is 2. The van der Waals surface area contributed by atoms with E-state index in [2.05, 4.69) is 41.9 Å². The summed E-state index contributed by atoms with van der Waals surface area (Å²) in [6.07, 6.45) is -3.66. The van der Waals surface area contributed by atoms with E-state index in [1.807, 2.05) is 0 Å². The zero-order valence-corrected chi connectivity index (χ0v) is 34.8. The third-order valence-corrected chi connectivity index (χ3v) is 8.55. The molecule has 7 amide bonds. The van der Waals surface area contributed by atoms with E-state index < -0.39 is 127 Å². The highest BCUT2D eigenvalue weighted by molar-refractivity contribution is 5.97. The van der Waals surface area contributed by atoms with Crippen molar-refractivity contribution < 1.29 is 58.5 Å². The molecular formula is C35H64N14O12. The first-order valence-corrected chi connectivity index (χ1v) is 19.5. The number of rotatable bonds is 30. The second kappa shape index (κ2) is 28.2. The Morgan fingerprint density at radius 2 is 0.902 bits per heavy atom. The number of hydrogen-bond donors (Lipinski definition) is 15. The Labute approximate surface area is 352 Å². The van der Waals surface area contributed by atoms with Crippen molar-refractivity contribution in [2.45, 2.75) is 134 Å². The molecule has 8 atom stereocenters. The van der Waals surface area contributed by atoms with Gasteiger partial charge < -0.3 is 81.6 Å². The minimum absolute atomic E-state index is 0.00733. The van der Waals surface area contributed by atoms with E-state index in [4.69, 9.17) is 34.4 Å². The predicted octanol–water partition coefficient (Wildman–Crippen LogP) is -6.01. The number of guanidine groups is 2. The summed E-state index contributed by atoms with van der Waals surface area (Å²) in [6.45, 7) is 5.97. The molecule has 0 unspecified atom stereocenters. The van der Waals surface area contributed by atoms with Gasteiger partial charge in [0.1, 0.15) is 36.3 Å². The van der Waals surface area contributed by atoms with Gasteiger partial charge >= 0.3 is 11.9 Å². The number of aliphatic carboxylic acids is 2. The molecule has 0 aromatic heterocycles. The number of aliphatic hydroxyl groups is 1. The van der Waals surface area contributed by atoms with Crippen molar-refractivity contribution in [3.63, 3.8) is 0 Å². The van der Waals surface area contributed by atoms with E-state index in [1.165, 1.54) is 6.92 Å². The molecule has 0 spiro atoms. The normalized spacial score (nSPS) is 14.8. The van der Waals surface area contributed by atoms with Gasteiger partial charge in [0.2, 0.25) is 41.4 Å². The number of primary amides is 1. The Kier molecular flexibility index (Phi) is 25.3. The molecule has 61 heavy (non-hydrogen) atoms. The lowest BCUT2D eigenvalue weighted by molar-refractivity contribution is -0.143. The number of aliphatic hydroxyl groups excluding tert-OH is 1. The predicted molar refractivity (Wildman–Crippen MR) is 219 cm³/mol. The van der Waals surface area contributed by atoms with Crippen molar-refractivity contribution in [1.29, 1.82) is 0 Å². The number of carboxylic acids is 2. The van der Waals surface area contributed by atoms with E-state index in [0.29, 0.717) is 0 Å². The van der Waals surface area contributed by atoms with Crippen molar-refractivity contribution in [2.75, 3.05) is 13.1 Å². The number of carboxylic acid groups (broad SMARTS) is 2. The summed E-state index contributed by atoms with van der Waals surface area (Å²) in [5.74, 6) is -10.2. The Bertz CT molecular complexity index is 1580. The van der Waals surface area contributed by atoms with Crippen molar-refractivity contribution in [3.8, 4) is 0 Å². The van der Waals surface area contributed by atoms with E-state index in [-0.39, 0.29) is 63.0 Å². The van der Waals surface area contributed by atoms with Crippen LogP contribution in [0.3, 0.4) is 0 Å². The van der Waals surface area contributed by atoms with Crippen LogP contribution in [0.5, 0.6) is 0 Å². The molecule has 0 aromatic rings. The number of carbonyl (C=O) groups excluding carboxylic acids is 7. The molecule has 0 aromatic carbocycles. The lowest BCUT2D eigenvalue weighted by Crippen LogP contribution is -2.61. The summed E-state index contributed by atoms with van der Waals surface area (Å²) in [5, 5.41) is 43.7. The minimum atomic E-state index is -1.87. The van der Waals surface area contributed by atoms with Gasteiger partial charge in [0.05, 0.1) is 12.1 Å². The van der Waals surface area contributed by atoms with Gasteiger partial charge in [0, 0.05) is 25.9 Å². The van der Waals surface area contributed by atoms with Gasteiger partial charge in [-0.1, -0.05) is 13.8 Å². The van der Waals surface area contributed by atoms with Crippen LogP contribution in [0.4, 0.5) is 0 Å². The van der Waals surface area contributed by atoms with Crippen molar-refractivity contribution >= 4 is 65.2 Å². The molecular weight excluding hydrogens is 808 g/mol. The largest absolute Gasteiger partial charge is 0.481 e. The van der Waals surface area contributed by atoms with Gasteiger partial charge in [0.15, 0.2) is 11.9 Å². The molecule has 21 N–H and O–H groups in total. The van der Waals surface area contributed by atoms with Crippen LogP contribution in [-0.4, -0.2) is 142 Å². The molecule has 0 radical (unpaired) electrons. The van der Waals surface area contributed by atoms with Crippen molar-refractivity contribution in [3.05, 3.63) is 0 Å². The van der Waals surface area contributed by atoms with Crippen LogP contribution < -0.4 is 66.3 Å². The zero-order valence-electron chi connectivity index (χ0n) is 34.8. The topological polar surface area (TPSA) is 467 Å². The maximum Gasteiger partial charge on any atom is 0.326 e. The van der Waals surface area contributed by atoms with Gasteiger partial charge in [-0.2, -0.15) is 0 Å². The Morgan fingerprint density at radius 3 is 1.26 bits per heavy atom. The fraction of sp³-hybridized carbons (Fsp3) is 0.686. The molecule has 0 aliphatic rings. The average molecular weight is 873 g/mol. The van der Waals surface area contributed by atoms with Crippen LogP contribution in [0.1, 0.15) is 85.5 Å². The number of carbonyl (C=O) groups is 9. The number of amides is 7. The Morgan fingerprint density at radius 1 is 0.525 bits per heavy atom. The number of nitrogens with one attached hydrogen (secondary N) is 6. The third kappa shape index (κ3) is 23.8. The minimum Gasteiger partial charge on any atom is -0.481 e. The van der Waals surface area contributed by atoms with Gasteiger partial charge in [0.25, 0.3) is 0 Å². The molecule has 26 nitrogen and oxygen atoms in total. The number of hydrogen-bond acceptors (Lipinski definition) is 13. The molecule has 26 heteroatoms. The molecule has 0 heterocycles. The lowest BCUT2D eigenvalue weighted by Gasteiger charge is -2.28. The molecule has 0 saturated heterocycles. The smallest absolute Gasteiger partial charge is 0.326 e. The highest BCUT2D eigenvalue weighted by Gasteiger charge is 2.35. The second-order valence-electron chi connectivity index (χ2n) is 14.6. The maximum absolute atomic E-state index is 13.8. The van der Waals surface area contributed by atoms with Crippen molar-refractivity contribution in [2.24, 2.45) is 50.3 Å². The lowest BCUT2D eigenvalue weighted by atomic mass is 10.0. The Hall–Kier alpha value is -6.31. The summed E-state index contributed by atoms with van der Waals surface area (Å²) in [7, 11) is 0. The quantitative estimate of drug-likeness (QED) is 0.0181. The van der Waals surface area contributed by atoms with Crippen LogP contribution in [0.2, 0.25) is 0 Å². The summed E-state index contributed by atoms with van der Waals surface area (Å²) in [5.41, 5.74) is 32.4. The first-order chi connectivity index (χ1) is 28.3. The summed E-state index contributed by atoms with van der Waals surface area (Å²) in [6, 6.07) is -10.3. The Balaban J connectivity index is 6.57. The van der Waals surface area contributed by atoms with Crippen LogP contribution in [0.15, 0.2) is 9.98 Å². The molecule has 346 valence electrons. The van der Waals surface area contributed by atoms with Crippen LogP contribution in [-0.2, 0) is 43.2 Å². The first kappa shape index (κ1) is 54.7. The van der Waals surface area contributed by atoms with Crippen LogP contribution >= 0.6 is 0 Å². The number of nitrogens with two attached hydrogens (primary N) is 6. The zero-order chi connectivity index (χ0) is 47.0. The van der Waals surface area contributed by atoms with Gasteiger partial charge in [-0.25, -0.2) is 4.79 Å². The SMILES string of the molecule is CC(C)C[C@H](NC(=O)[C@H](CCC(N)=O)NC(=O)[C@@H](NC(=O)[C@H](CCC(=O)O)NC(=O)[C@H](CCCN=C(N)N)NC(=O)[C@H](CCCN=C(N)N)NC(=O)[C@H](C)N)[C@@H](C)O)C(=O)O. The third-order valence-electron chi connectivity index (χ3n) is 8.55. The molecule has 0 aliphatic heterocycles. The first-order valence-electron chi connectivity index (χ1n) is 19.5. The summed E-state index contributed by atoms with van der Waals surface area (Å²) >= 11 is 0. The van der Waals surface area contributed by atoms with Gasteiger partial charge in [-0.05, 0) is 64.7 Å². The molecule has 0 bridgehead atoms. The molecule has 0 fully saturated rings. The standard InChI is InChI=1S/C35H64N14O12/c1-16(2)15-23(33(60)61)48-30(57)21(9-11-24(37)51)47-32(59)26(18(4)50)49-31(58)22(10-12-25(52)53)46-29(56)20(8-6-14-43-35(40)41)45-28(55)19(44-27(54)17(3)36)7-5-13-42-34(38)39/h16-23,26,50H,5-15,36H2,1-4H3,(H2,37,51)(H,44,54)(H,45,55)(H,46,56)(H,47,59)(H,48,57)(H,49,58)(H,52,53)(H,60,61)(H4,38,39,42)(H4,40,41,43)/t17-,18+,19-,20-,21-,22-,23-,26-/m0/s1. The van der Waals surface area contributed by atoms with Gasteiger partial charge in [-0.3, -0.25) is 48.3 Å². The van der Waals surface area contributed by atoms with E-state index in [9.17, 15) is 58.5 Å². The van der Waals surface area contributed by atoms with Crippen molar-refractivity contribution in [1.82, 2.24) is 31.9 Å². The average Bonchev–Trinajstić information content (AvgIpc) is 3.14. The summed E-state index contributed by atoms with van der Waals surface area (Å²) in [4.78, 5) is 123. The molecule has 0 rings (SSSR count). The maximum atomic E-state index is 13.8. The number of aliphatic imine (C=N–C) groups is 2. The van der Waals surface area contributed by atoms with Gasteiger partial charge in [-0.15, -0.1) is 0 Å². The summed E-state index contributed by atoms with van der Waals surface area (Å²) < 4.78 is 0. The van der Waals surface area contributed by atoms with Crippen LogP contribution in [0, 0.1) is 5.92 Å². The molecule has 0 saturated carbocycles. The monoisotopic (exact) mass is 872 g/mol. The van der Waals surface area contributed by atoms with Crippen LogP contribution in [0.25, 0.3) is 0 Å². The second-order valence-corrected chi connectivity index (χ2v) is 14.6. The molecule has 0 aliphatic carbocycles. The highest BCUT2D eigenvalue weighted by atomic mass is 16.4. The fourth-order valence-corrected chi connectivity index (χ4v) is 5.37.